The molecular weight excluding hydrogens is 262 g/mol. The summed E-state index contributed by atoms with van der Waals surface area (Å²) in [4.78, 5) is 15.8. The second-order valence-electron chi connectivity index (χ2n) is 3.90. The third-order valence-electron chi connectivity index (χ3n) is 2.41. The van der Waals surface area contributed by atoms with Crippen LogP contribution in [0.2, 0.25) is 5.02 Å². The average Bonchev–Trinajstić information content (AvgIpc) is 2.39. The van der Waals surface area contributed by atoms with E-state index in [4.69, 9.17) is 16.9 Å². The van der Waals surface area contributed by atoms with Crippen LogP contribution in [0, 0.1) is 11.3 Å². The Morgan fingerprint density at radius 1 is 1.37 bits per heavy atom. The molecule has 0 saturated carbocycles. The number of hydrogen-bond donors (Lipinski definition) is 1. The summed E-state index contributed by atoms with van der Waals surface area (Å²) < 4.78 is 0. The van der Waals surface area contributed by atoms with Crippen LogP contribution in [-0.2, 0) is 11.2 Å². The summed E-state index contributed by atoms with van der Waals surface area (Å²) in [7, 11) is 0. The van der Waals surface area contributed by atoms with Crippen molar-refractivity contribution < 1.29 is 4.79 Å². The van der Waals surface area contributed by atoms with E-state index in [1.807, 2.05) is 12.1 Å². The number of hydrogen-bond acceptors (Lipinski definition) is 3. The standard InChI is InChI=1S/C14H10ClN3O/c15-12-3-1-2-10(6-12)7-14(19)18-13-5-4-11(8-16)9-17-13/h1-6,9H,7H2,(H,17,18,19). The smallest absolute Gasteiger partial charge is 0.229 e. The Balaban J connectivity index is 1.99. The van der Waals surface area contributed by atoms with E-state index in [1.165, 1.54) is 6.20 Å². The molecule has 1 heterocycles. The molecule has 0 spiro atoms. The minimum Gasteiger partial charge on any atom is -0.310 e. The van der Waals surface area contributed by atoms with Crippen molar-refractivity contribution in [3.05, 3.63) is 58.7 Å². The molecule has 1 N–H and O–H groups in total. The van der Waals surface area contributed by atoms with Crippen LogP contribution in [0.5, 0.6) is 0 Å². The first-order chi connectivity index (χ1) is 9.17. The Morgan fingerprint density at radius 3 is 2.84 bits per heavy atom. The van der Waals surface area contributed by atoms with E-state index >= 15 is 0 Å². The van der Waals surface area contributed by atoms with E-state index in [-0.39, 0.29) is 12.3 Å². The molecule has 0 aliphatic heterocycles. The Hall–Kier alpha value is -2.38. The van der Waals surface area contributed by atoms with Gasteiger partial charge in [0.25, 0.3) is 0 Å². The molecule has 0 unspecified atom stereocenters. The molecule has 0 saturated heterocycles. The van der Waals surface area contributed by atoms with Gasteiger partial charge in [-0.1, -0.05) is 23.7 Å². The van der Waals surface area contributed by atoms with Crippen molar-refractivity contribution in [3.8, 4) is 6.07 Å². The first-order valence-corrected chi connectivity index (χ1v) is 5.95. The minimum atomic E-state index is -0.181. The minimum absolute atomic E-state index is 0.181. The second-order valence-corrected chi connectivity index (χ2v) is 4.34. The Morgan fingerprint density at radius 2 is 2.21 bits per heavy atom. The summed E-state index contributed by atoms with van der Waals surface area (Å²) in [6, 6.07) is 12.3. The van der Waals surface area contributed by atoms with Gasteiger partial charge in [-0.2, -0.15) is 5.26 Å². The van der Waals surface area contributed by atoms with Gasteiger partial charge < -0.3 is 5.32 Å². The molecule has 94 valence electrons. The zero-order chi connectivity index (χ0) is 13.7. The van der Waals surface area contributed by atoms with Crippen molar-refractivity contribution in [1.82, 2.24) is 4.98 Å². The van der Waals surface area contributed by atoms with Crippen LogP contribution in [0.4, 0.5) is 5.82 Å². The fraction of sp³-hybridized carbons (Fsp3) is 0.0714. The first kappa shape index (κ1) is 13.1. The van der Waals surface area contributed by atoms with Gasteiger partial charge in [0.2, 0.25) is 5.91 Å². The molecule has 1 amide bonds. The molecule has 19 heavy (non-hydrogen) atoms. The van der Waals surface area contributed by atoms with E-state index in [2.05, 4.69) is 10.3 Å². The van der Waals surface area contributed by atoms with Gasteiger partial charge in [0.1, 0.15) is 11.9 Å². The fourth-order valence-electron chi connectivity index (χ4n) is 1.55. The number of pyridine rings is 1. The summed E-state index contributed by atoms with van der Waals surface area (Å²) in [5.41, 5.74) is 1.28. The quantitative estimate of drug-likeness (QED) is 0.933. The monoisotopic (exact) mass is 271 g/mol. The number of anilines is 1. The number of nitrogens with zero attached hydrogens (tertiary/aromatic N) is 2. The van der Waals surface area contributed by atoms with E-state index in [9.17, 15) is 4.79 Å². The third kappa shape index (κ3) is 3.80. The Labute approximate surface area is 115 Å². The highest BCUT2D eigenvalue weighted by Crippen LogP contribution is 2.12. The molecule has 0 aliphatic carbocycles. The van der Waals surface area contributed by atoms with Gasteiger partial charge in [-0.15, -0.1) is 0 Å². The van der Waals surface area contributed by atoms with Gasteiger partial charge in [0, 0.05) is 11.2 Å². The molecular formula is C14H10ClN3O. The van der Waals surface area contributed by atoms with Gasteiger partial charge >= 0.3 is 0 Å². The molecule has 2 aromatic rings. The van der Waals surface area contributed by atoms with Crippen LogP contribution in [-0.4, -0.2) is 10.9 Å². The summed E-state index contributed by atoms with van der Waals surface area (Å²) in [5.74, 6) is 0.241. The fourth-order valence-corrected chi connectivity index (χ4v) is 1.77. The van der Waals surface area contributed by atoms with Crippen molar-refractivity contribution in [3.63, 3.8) is 0 Å². The second kappa shape index (κ2) is 5.98. The molecule has 0 radical (unpaired) electrons. The van der Waals surface area contributed by atoms with E-state index in [0.29, 0.717) is 16.4 Å². The van der Waals surface area contributed by atoms with Crippen molar-refractivity contribution in [1.29, 1.82) is 5.26 Å². The van der Waals surface area contributed by atoms with E-state index in [0.717, 1.165) is 5.56 Å². The van der Waals surface area contributed by atoms with Crippen LogP contribution in [0.15, 0.2) is 42.6 Å². The zero-order valence-corrected chi connectivity index (χ0v) is 10.7. The normalized spacial score (nSPS) is 9.68. The molecule has 1 aromatic heterocycles. The van der Waals surface area contributed by atoms with E-state index in [1.54, 1.807) is 30.3 Å². The summed E-state index contributed by atoms with van der Waals surface area (Å²) >= 11 is 5.85. The number of carbonyl (C=O) groups excluding carboxylic acids is 1. The maximum absolute atomic E-state index is 11.8. The van der Waals surface area contributed by atoms with Gasteiger partial charge in [-0.25, -0.2) is 4.98 Å². The number of aromatic nitrogens is 1. The van der Waals surface area contributed by atoms with Gasteiger partial charge in [-0.05, 0) is 29.8 Å². The maximum atomic E-state index is 11.8. The van der Waals surface area contributed by atoms with Gasteiger partial charge in [0.15, 0.2) is 0 Å². The van der Waals surface area contributed by atoms with Crippen LogP contribution in [0.3, 0.4) is 0 Å². The first-order valence-electron chi connectivity index (χ1n) is 5.58. The number of benzene rings is 1. The number of halogens is 1. The number of carbonyl (C=O) groups is 1. The van der Waals surface area contributed by atoms with Crippen LogP contribution in [0.25, 0.3) is 0 Å². The highest BCUT2D eigenvalue weighted by molar-refractivity contribution is 6.30. The highest BCUT2D eigenvalue weighted by Gasteiger charge is 2.05. The molecule has 2 rings (SSSR count). The summed E-state index contributed by atoms with van der Waals surface area (Å²) in [6.07, 6.45) is 1.64. The average molecular weight is 272 g/mol. The number of nitriles is 1. The van der Waals surface area contributed by atoms with Gasteiger partial charge in [0.05, 0.1) is 12.0 Å². The Bertz CT molecular complexity index is 632. The number of nitrogens with one attached hydrogen (secondary N) is 1. The molecule has 0 aliphatic rings. The lowest BCUT2D eigenvalue weighted by Crippen LogP contribution is -2.15. The Kier molecular flexibility index (Phi) is 4.11. The lowest BCUT2D eigenvalue weighted by Gasteiger charge is -2.04. The SMILES string of the molecule is N#Cc1ccc(NC(=O)Cc2cccc(Cl)c2)nc1. The molecule has 0 fully saturated rings. The molecule has 0 atom stereocenters. The zero-order valence-electron chi connectivity index (χ0n) is 9.93. The molecule has 4 nitrogen and oxygen atoms in total. The van der Waals surface area contributed by atoms with Crippen molar-refractivity contribution in [2.45, 2.75) is 6.42 Å². The highest BCUT2D eigenvalue weighted by atomic mass is 35.5. The lowest BCUT2D eigenvalue weighted by molar-refractivity contribution is -0.115. The maximum Gasteiger partial charge on any atom is 0.229 e. The largest absolute Gasteiger partial charge is 0.310 e. The topological polar surface area (TPSA) is 65.8 Å². The number of rotatable bonds is 3. The van der Waals surface area contributed by atoms with Crippen molar-refractivity contribution >= 4 is 23.3 Å². The number of amides is 1. The van der Waals surface area contributed by atoms with Crippen molar-refractivity contribution in [2.75, 3.05) is 5.32 Å². The predicted molar refractivity (Wildman–Crippen MR) is 72.7 cm³/mol. The van der Waals surface area contributed by atoms with Crippen LogP contribution < -0.4 is 5.32 Å². The molecule has 0 bridgehead atoms. The van der Waals surface area contributed by atoms with Gasteiger partial charge in [-0.3, -0.25) is 4.79 Å². The van der Waals surface area contributed by atoms with E-state index < -0.39 is 0 Å². The van der Waals surface area contributed by atoms with Crippen molar-refractivity contribution in [2.24, 2.45) is 0 Å². The lowest BCUT2D eigenvalue weighted by atomic mass is 10.1. The van der Waals surface area contributed by atoms with Crippen LogP contribution in [0.1, 0.15) is 11.1 Å². The summed E-state index contributed by atoms with van der Waals surface area (Å²) in [6.45, 7) is 0. The molecule has 1 aromatic carbocycles. The predicted octanol–water partition coefficient (Wildman–Crippen LogP) is 2.79. The third-order valence-corrected chi connectivity index (χ3v) is 2.65. The van der Waals surface area contributed by atoms with Crippen LogP contribution >= 0.6 is 11.6 Å². The molecule has 5 heteroatoms. The summed E-state index contributed by atoms with van der Waals surface area (Å²) in [5, 5.41) is 11.9.